The molecule has 0 spiro atoms. The predicted octanol–water partition coefficient (Wildman–Crippen LogP) is 16.8. The number of hydrogen-bond acceptors (Lipinski definition) is 1. The van der Waals surface area contributed by atoms with Crippen LogP contribution in [0.25, 0.3) is 55.6 Å². The van der Waals surface area contributed by atoms with Crippen LogP contribution in [-0.4, -0.2) is 0 Å². The molecule has 65 heavy (non-hydrogen) atoms. The number of fused-ring (bicyclic) bond motifs is 6. The van der Waals surface area contributed by atoms with E-state index in [-0.39, 0.29) is 5.41 Å². The van der Waals surface area contributed by atoms with E-state index in [9.17, 15) is 0 Å². The Morgan fingerprint density at radius 2 is 0.754 bits per heavy atom. The van der Waals surface area contributed by atoms with E-state index in [0.717, 1.165) is 17.1 Å². The van der Waals surface area contributed by atoms with Crippen LogP contribution in [0.2, 0.25) is 0 Å². The minimum absolute atomic E-state index is 0.0652. The molecule has 1 nitrogen and oxygen atoms in total. The van der Waals surface area contributed by atoms with Gasteiger partial charge in [0.1, 0.15) is 0 Å². The summed E-state index contributed by atoms with van der Waals surface area (Å²) in [5, 5.41) is 0. The molecule has 12 rings (SSSR count). The molecule has 0 atom stereocenters. The second kappa shape index (κ2) is 15.4. The van der Waals surface area contributed by atoms with Crippen LogP contribution in [0.4, 0.5) is 17.1 Å². The number of nitrogens with zero attached hydrogens (tertiary/aromatic N) is 1. The maximum atomic E-state index is 2.48. The fourth-order valence-electron chi connectivity index (χ4n) is 11.1. The van der Waals surface area contributed by atoms with E-state index in [1.54, 1.807) is 0 Å². The van der Waals surface area contributed by atoms with Crippen molar-refractivity contribution < 1.29 is 0 Å². The van der Waals surface area contributed by atoms with Gasteiger partial charge in [0, 0.05) is 22.4 Å². The maximum absolute atomic E-state index is 2.48. The van der Waals surface area contributed by atoms with Crippen molar-refractivity contribution in [3.8, 4) is 55.6 Å². The summed E-state index contributed by atoms with van der Waals surface area (Å²) in [6.07, 6.45) is 0. The molecule has 0 saturated carbocycles. The Morgan fingerprint density at radius 3 is 1.43 bits per heavy atom. The van der Waals surface area contributed by atoms with Crippen LogP contribution in [-0.2, 0) is 10.8 Å². The molecular formula is C64H47N. The summed E-state index contributed by atoms with van der Waals surface area (Å²) in [6, 6.07) is 91.9. The van der Waals surface area contributed by atoms with E-state index < -0.39 is 5.41 Å². The van der Waals surface area contributed by atoms with Crippen molar-refractivity contribution in [2.45, 2.75) is 24.7 Å². The fraction of sp³-hybridized carbons (Fsp3) is 0.0625. The first-order valence-corrected chi connectivity index (χ1v) is 22.8. The number of rotatable bonds is 8. The lowest BCUT2D eigenvalue weighted by atomic mass is 9.68. The Hall–Kier alpha value is -8.00. The number of benzene rings is 10. The van der Waals surface area contributed by atoms with Crippen molar-refractivity contribution in [1.29, 1.82) is 0 Å². The summed E-state index contributed by atoms with van der Waals surface area (Å²) in [6.45, 7) is 4.71. The van der Waals surface area contributed by atoms with E-state index in [2.05, 4.69) is 267 Å². The van der Waals surface area contributed by atoms with Crippen molar-refractivity contribution in [2.75, 3.05) is 4.90 Å². The highest BCUT2D eigenvalue weighted by Crippen LogP contribution is 2.59. The van der Waals surface area contributed by atoms with Gasteiger partial charge < -0.3 is 4.90 Å². The molecule has 0 amide bonds. The fourth-order valence-corrected chi connectivity index (χ4v) is 11.1. The number of hydrogen-bond donors (Lipinski definition) is 0. The Morgan fingerprint density at radius 1 is 0.292 bits per heavy atom. The monoisotopic (exact) mass is 829 g/mol. The molecule has 2 aliphatic rings. The van der Waals surface area contributed by atoms with Crippen molar-refractivity contribution in [3.63, 3.8) is 0 Å². The molecule has 0 aromatic heterocycles. The molecule has 0 saturated heterocycles. The average molecular weight is 830 g/mol. The molecular weight excluding hydrogens is 783 g/mol. The molecule has 0 bridgehead atoms. The van der Waals surface area contributed by atoms with Crippen molar-refractivity contribution in [1.82, 2.24) is 0 Å². The lowest BCUT2D eigenvalue weighted by molar-refractivity contribution is 0.660. The SMILES string of the molecule is CC1(C)c2ccccc2-c2ccc(-c3ccc(N(c4cccc(-c5ccc(-c6ccccc6)cc5)c4)c4cccc5c4-c4ccccc4C5(c4ccccc4)c4ccccc4)cc3)cc21. The first kappa shape index (κ1) is 38.7. The predicted molar refractivity (Wildman–Crippen MR) is 272 cm³/mol. The highest BCUT2D eigenvalue weighted by molar-refractivity contribution is 5.98. The van der Waals surface area contributed by atoms with Crippen LogP contribution in [0.15, 0.2) is 249 Å². The van der Waals surface area contributed by atoms with Gasteiger partial charge in [-0.2, -0.15) is 0 Å². The van der Waals surface area contributed by atoms with E-state index in [1.165, 1.54) is 89.0 Å². The highest BCUT2D eigenvalue weighted by atomic mass is 15.1. The molecule has 0 fully saturated rings. The van der Waals surface area contributed by atoms with Gasteiger partial charge in [0.25, 0.3) is 0 Å². The zero-order chi connectivity index (χ0) is 43.5. The van der Waals surface area contributed by atoms with Gasteiger partial charge in [-0.15, -0.1) is 0 Å². The lowest BCUT2D eigenvalue weighted by Gasteiger charge is -2.34. The Labute approximate surface area is 382 Å². The largest absolute Gasteiger partial charge is 0.310 e. The summed E-state index contributed by atoms with van der Waals surface area (Å²) < 4.78 is 0. The molecule has 10 aromatic carbocycles. The highest BCUT2D eigenvalue weighted by Gasteiger charge is 2.47. The number of anilines is 3. The summed E-state index contributed by atoms with van der Waals surface area (Å²) in [5.41, 5.74) is 23.0. The molecule has 0 N–H and O–H groups in total. The molecule has 0 aliphatic heterocycles. The second-order valence-corrected chi connectivity index (χ2v) is 18.0. The van der Waals surface area contributed by atoms with E-state index in [1.807, 2.05) is 0 Å². The van der Waals surface area contributed by atoms with Gasteiger partial charge in [0.2, 0.25) is 0 Å². The summed E-state index contributed by atoms with van der Waals surface area (Å²) in [7, 11) is 0. The van der Waals surface area contributed by atoms with Gasteiger partial charge in [-0.05, 0) is 120 Å². The second-order valence-electron chi connectivity index (χ2n) is 18.0. The molecule has 0 radical (unpaired) electrons. The smallest absolute Gasteiger partial charge is 0.0714 e. The van der Waals surface area contributed by atoms with Gasteiger partial charge in [-0.25, -0.2) is 0 Å². The van der Waals surface area contributed by atoms with E-state index in [4.69, 9.17) is 0 Å². The normalized spacial score (nSPS) is 13.6. The van der Waals surface area contributed by atoms with Crippen LogP contribution < -0.4 is 4.90 Å². The topological polar surface area (TPSA) is 3.24 Å². The van der Waals surface area contributed by atoms with Crippen molar-refractivity contribution in [2.24, 2.45) is 0 Å². The van der Waals surface area contributed by atoms with E-state index in [0.29, 0.717) is 0 Å². The van der Waals surface area contributed by atoms with Gasteiger partial charge in [0.15, 0.2) is 0 Å². The average Bonchev–Trinajstić information content (AvgIpc) is 3.81. The standard InChI is InChI=1S/C64H47N/c1-63(2)57-28-14-12-26-54(57)55-41-38-49(43-60(55)63)47-36-39-52(40-37-47)65(53-25-16-20-48(42-53)46-34-32-45(33-35-46)44-18-6-3-7-19-44)61-31-17-30-59-62(61)56-27-13-15-29-58(56)64(59,50-21-8-4-9-22-50)51-23-10-5-11-24-51/h3-43H,1-2H3. The Kier molecular flexibility index (Phi) is 9.14. The molecule has 0 unspecified atom stereocenters. The van der Waals surface area contributed by atoms with Gasteiger partial charge in [-0.1, -0.05) is 226 Å². The van der Waals surface area contributed by atoms with Gasteiger partial charge >= 0.3 is 0 Å². The molecule has 0 heterocycles. The van der Waals surface area contributed by atoms with Crippen molar-refractivity contribution in [3.05, 3.63) is 282 Å². The van der Waals surface area contributed by atoms with Crippen LogP contribution in [0.5, 0.6) is 0 Å². The Balaban J connectivity index is 1.03. The van der Waals surface area contributed by atoms with Crippen molar-refractivity contribution >= 4 is 17.1 Å². The maximum Gasteiger partial charge on any atom is 0.0714 e. The minimum atomic E-state index is -0.511. The van der Waals surface area contributed by atoms with Gasteiger partial charge in [-0.3, -0.25) is 0 Å². The van der Waals surface area contributed by atoms with Crippen LogP contribution in [0, 0.1) is 0 Å². The molecule has 2 aliphatic carbocycles. The molecule has 1 heteroatoms. The summed E-state index contributed by atoms with van der Waals surface area (Å²) >= 11 is 0. The minimum Gasteiger partial charge on any atom is -0.310 e. The summed E-state index contributed by atoms with van der Waals surface area (Å²) in [5.74, 6) is 0. The first-order chi connectivity index (χ1) is 32.0. The third-order valence-electron chi connectivity index (χ3n) is 14.2. The van der Waals surface area contributed by atoms with Gasteiger partial charge in [0.05, 0.1) is 11.1 Å². The molecule has 308 valence electrons. The lowest BCUT2D eigenvalue weighted by Crippen LogP contribution is -2.28. The quantitative estimate of drug-likeness (QED) is 0.147. The molecule has 10 aromatic rings. The zero-order valence-corrected chi connectivity index (χ0v) is 36.6. The van der Waals surface area contributed by atoms with Crippen LogP contribution in [0.3, 0.4) is 0 Å². The van der Waals surface area contributed by atoms with Crippen LogP contribution in [0.1, 0.15) is 47.2 Å². The Bertz CT molecular complexity index is 3320. The summed E-state index contributed by atoms with van der Waals surface area (Å²) in [4.78, 5) is 2.48. The first-order valence-electron chi connectivity index (χ1n) is 22.8. The van der Waals surface area contributed by atoms with Crippen LogP contribution >= 0.6 is 0 Å². The van der Waals surface area contributed by atoms with E-state index >= 15 is 0 Å². The third-order valence-corrected chi connectivity index (χ3v) is 14.2. The zero-order valence-electron chi connectivity index (χ0n) is 36.6. The third kappa shape index (κ3) is 6.15.